The highest BCUT2D eigenvalue weighted by Gasteiger charge is 2.53. The van der Waals surface area contributed by atoms with Crippen molar-refractivity contribution < 1.29 is 84.3 Å². The molecule has 3 fully saturated rings. The van der Waals surface area contributed by atoms with Gasteiger partial charge in [-0.2, -0.15) is 0 Å². The molecule has 15 atom stereocenters. The highest BCUT2D eigenvalue weighted by atomic mass is 16.8. The lowest BCUT2D eigenvalue weighted by atomic mass is 9.92. The average Bonchev–Trinajstić information content (AvgIpc) is 2.97. The van der Waals surface area contributed by atoms with Crippen molar-refractivity contribution in [1.82, 2.24) is 5.32 Å². The highest BCUT2D eigenvalue weighted by molar-refractivity contribution is 5.76. The first-order chi connectivity index (χ1) is 20.6. The normalized spacial score (nSPS) is 43.5. The quantitative estimate of drug-likeness (QED) is 0.0881. The zero-order valence-corrected chi connectivity index (χ0v) is 24.7. The van der Waals surface area contributed by atoms with E-state index in [1.807, 2.05) is 20.8 Å². The van der Waals surface area contributed by atoms with Crippen molar-refractivity contribution in [2.75, 3.05) is 33.0 Å². The van der Waals surface area contributed by atoms with E-state index in [2.05, 4.69) is 5.32 Å². The Bertz CT molecular complexity index is 887. The van der Waals surface area contributed by atoms with E-state index >= 15 is 0 Å². The van der Waals surface area contributed by atoms with Crippen LogP contribution in [0.3, 0.4) is 0 Å². The molecular formula is C26H47NO17. The Balaban J connectivity index is 1.60. The van der Waals surface area contributed by atoms with Crippen LogP contribution >= 0.6 is 0 Å². The molecule has 44 heavy (non-hydrogen) atoms. The first-order valence-electron chi connectivity index (χ1n) is 14.4. The predicted octanol–water partition coefficient (Wildman–Crippen LogP) is -6.00. The van der Waals surface area contributed by atoms with Gasteiger partial charge in [0.05, 0.1) is 26.4 Å². The molecule has 0 bridgehead atoms. The Morgan fingerprint density at radius 1 is 0.636 bits per heavy atom. The summed E-state index contributed by atoms with van der Waals surface area (Å²) in [6.07, 6.45) is -24.5. The Labute approximate surface area is 253 Å². The van der Waals surface area contributed by atoms with Crippen LogP contribution in [0.4, 0.5) is 0 Å². The van der Waals surface area contributed by atoms with Gasteiger partial charge in [0.2, 0.25) is 5.91 Å². The first kappa shape index (κ1) is 37.3. The Morgan fingerprint density at radius 3 is 1.55 bits per heavy atom. The lowest BCUT2D eigenvalue weighted by Crippen LogP contribution is -2.66. The van der Waals surface area contributed by atoms with Crippen molar-refractivity contribution in [3.05, 3.63) is 0 Å². The second-order valence-electron chi connectivity index (χ2n) is 12.3. The number of hydrogen-bond acceptors (Lipinski definition) is 17. The molecule has 0 aromatic heterocycles. The number of amides is 1. The lowest BCUT2D eigenvalue weighted by molar-refractivity contribution is -0.379. The van der Waals surface area contributed by atoms with E-state index in [0.29, 0.717) is 0 Å². The largest absolute Gasteiger partial charge is 0.394 e. The molecule has 3 saturated heterocycles. The van der Waals surface area contributed by atoms with Crippen molar-refractivity contribution in [3.63, 3.8) is 0 Å². The third-order valence-corrected chi connectivity index (χ3v) is 7.47. The molecule has 0 radical (unpaired) electrons. The maximum absolute atomic E-state index is 12.0. The van der Waals surface area contributed by atoms with Crippen LogP contribution in [0.25, 0.3) is 0 Å². The number of ether oxygens (including phenoxy) is 6. The molecule has 0 spiro atoms. The van der Waals surface area contributed by atoms with Crippen molar-refractivity contribution in [2.45, 2.75) is 119 Å². The van der Waals surface area contributed by atoms with Crippen molar-refractivity contribution in [2.24, 2.45) is 5.41 Å². The van der Waals surface area contributed by atoms with Crippen molar-refractivity contribution in [3.8, 4) is 0 Å². The van der Waals surface area contributed by atoms with Crippen LogP contribution in [0.1, 0.15) is 27.2 Å². The van der Waals surface area contributed by atoms with Crippen LogP contribution in [0.5, 0.6) is 0 Å². The fourth-order valence-corrected chi connectivity index (χ4v) is 5.09. The van der Waals surface area contributed by atoms with Crippen LogP contribution in [0.15, 0.2) is 0 Å². The van der Waals surface area contributed by atoms with E-state index < -0.39 is 112 Å². The molecule has 1 amide bonds. The minimum atomic E-state index is -1.93. The maximum Gasteiger partial charge on any atom is 0.220 e. The zero-order chi connectivity index (χ0) is 32.9. The third-order valence-electron chi connectivity index (χ3n) is 7.47. The fraction of sp³-hybridized carbons (Fsp3) is 0.962. The molecule has 258 valence electrons. The van der Waals surface area contributed by atoms with E-state index in [1.54, 1.807) is 0 Å². The van der Waals surface area contributed by atoms with Gasteiger partial charge in [-0.25, -0.2) is 0 Å². The second kappa shape index (κ2) is 16.1. The van der Waals surface area contributed by atoms with E-state index in [-0.39, 0.29) is 30.9 Å². The molecule has 0 aliphatic carbocycles. The molecule has 18 nitrogen and oxygen atoms in total. The van der Waals surface area contributed by atoms with Gasteiger partial charge in [0, 0.05) is 13.0 Å². The topological polar surface area (TPSA) is 287 Å². The Hall–Kier alpha value is -1.17. The summed E-state index contributed by atoms with van der Waals surface area (Å²) in [5.74, 6) is -0.205. The van der Waals surface area contributed by atoms with E-state index in [1.165, 1.54) is 0 Å². The summed E-state index contributed by atoms with van der Waals surface area (Å²) in [4.78, 5) is 12.0. The molecular weight excluding hydrogens is 598 g/mol. The summed E-state index contributed by atoms with van der Waals surface area (Å²) in [5.41, 5.74) is -0.220. The first-order valence-corrected chi connectivity index (χ1v) is 14.4. The Morgan fingerprint density at radius 2 is 1.07 bits per heavy atom. The van der Waals surface area contributed by atoms with Gasteiger partial charge in [-0.15, -0.1) is 0 Å². The number of aliphatic hydroxyl groups is 10. The number of nitrogens with one attached hydrogen (secondary N) is 1. The van der Waals surface area contributed by atoms with Gasteiger partial charge < -0.3 is 84.8 Å². The average molecular weight is 646 g/mol. The predicted molar refractivity (Wildman–Crippen MR) is 142 cm³/mol. The van der Waals surface area contributed by atoms with E-state index in [0.717, 1.165) is 0 Å². The number of hydrogen-bond donors (Lipinski definition) is 11. The summed E-state index contributed by atoms with van der Waals surface area (Å²) < 4.78 is 32.9. The number of carbonyl (C=O) groups is 1. The molecule has 3 aliphatic heterocycles. The van der Waals surface area contributed by atoms with Gasteiger partial charge in [-0.05, 0) is 5.41 Å². The molecule has 3 rings (SSSR count). The third kappa shape index (κ3) is 9.00. The molecule has 0 unspecified atom stereocenters. The van der Waals surface area contributed by atoms with Gasteiger partial charge in [0.15, 0.2) is 18.9 Å². The standard InChI is InChI=1S/C26H47NO17/c1-26(2,3)6-13(31)27-4-5-39-23-19(37)16(34)21(11(8-29)41-23)44-25-20(38)17(35)22(12(9-30)42-25)43-24-18(36)15(33)14(32)10(7-28)40-24/h10-12,14-25,28-30,32-38H,4-9H2,1-3H3,(H,27,31)/t10-,11-,12-,14+,15+,16-,17-,18-,19-,20-,21-,22+,23-,24-,25+/m1/s1. The lowest BCUT2D eigenvalue weighted by Gasteiger charge is -2.48. The van der Waals surface area contributed by atoms with Crippen LogP contribution in [0.2, 0.25) is 0 Å². The molecule has 0 saturated carbocycles. The van der Waals surface area contributed by atoms with Gasteiger partial charge in [0.1, 0.15) is 73.2 Å². The Kier molecular flexibility index (Phi) is 13.6. The van der Waals surface area contributed by atoms with Crippen LogP contribution in [-0.4, -0.2) is 182 Å². The summed E-state index contributed by atoms with van der Waals surface area (Å²) in [5, 5.41) is 105. The van der Waals surface area contributed by atoms with Crippen molar-refractivity contribution in [1.29, 1.82) is 0 Å². The number of aliphatic hydroxyl groups excluding tert-OH is 10. The molecule has 3 aliphatic rings. The van der Waals surface area contributed by atoms with Gasteiger partial charge in [-0.1, -0.05) is 20.8 Å². The van der Waals surface area contributed by atoms with Crippen LogP contribution < -0.4 is 5.32 Å². The van der Waals surface area contributed by atoms with Crippen LogP contribution in [0, 0.1) is 5.41 Å². The van der Waals surface area contributed by atoms with E-state index in [9.17, 15) is 55.9 Å². The van der Waals surface area contributed by atoms with Gasteiger partial charge >= 0.3 is 0 Å². The smallest absolute Gasteiger partial charge is 0.220 e. The molecule has 18 heteroatoms. The summed E-state index contributed by atoms with van der Waals surface area (Å²) >= 11 is 0. The van der Waals surface area contributed by atoms with E-state index in [4.69, 9.17) is 28.4 Å². The SMILES string of the molecule is CC(C)(C)CC(=O)NCCO[C@@H]1O[C@H](CO)[C@@H](O[C@@H]2O[C@H](CO)[C@H](O[C@H]3O[C@H](CO)[C@H](O)[C@H](O)[C@H]3O)[C@H](O)[C@H]2O)[C@H](O)[C@H]1O. The minimum absolute atomic E-state index is 0.0796. The summed E-state index contributed by atoms with van der Waals surface area (Å²) in [6.45, 7) is 3.38. The fourth-order valence-electron chi connectivity index (χ4n) is 5.09. The maximum atomic E-state index is 12.0. The second-order valence-corrected chi connectivity index (χ2v) is 12.3. The summed E-state index contributed by atoms with van der Waals surface area (Å²) in [6, 6.07) is 0. The van der Waals surface area contributed by atoms with Gasteiger partial charge in [0.25, 0.3) is 0 Å². The van der Waals surface area contributed by atoms with Gasteiger partial charge in [-0.3, -0.25) is 4.79 Å². The zero-order valence-electron chi connectivity index (χ0n) is 24.7. The monoisotopic (exact) mass is 645 g/mol. The highest BCUT2D eigenvalue weighted by Crippen LogP contribution is 2.32. The molecule has 11 N–H and O–H groups in total. The number of rotatable bonds is 12. The summed E-state index contributed by atoms with van der Waals surface area (Å²) in [7, 11) is 0. The number of carbonyl (C=O) groups excluding carboxylic acids is 1. The molecule has 3 heterocycles. The van der Waals surface area contributed by atoms with Crippen molar-refractivity contribution >= 4 is 5.91 Å². The molecule has 0 aromatic carbocycles. The minimum Gasteiger partial charge on any atom is -0.394 e. The van der Waals surface area contributed by atoms with Crippen LogP contribution in [-0.2, 0) is 33.2 Å². The molecule has 0 aromatic rings.